The summed E-state index contributed by atoms with van der Waals surface area (Å²) in [5.74, 6) is 0.674. The molecular formula is C27H23ClFN5O3. The van der Waals surface area contributed by atoms with Gasteiger partial charge in [-0.2, -0.15) is 5.10 Å². The molecule has 10 heteroatoms. The highest BCUT2D eigenvalue weighted by molar-refractivity contribution is 6.32. The zero-order valence-corrected chi connectivity index (χ0v) is 20.6. The molecule has 0 bridgehead atoms. The quantitative estimate of drug-likeness (QED) is 0.264. The fourth-order valence-corrected chi connectivity index (χ4v) is 3.62. The van der Waals surface area contributed by atoms with Crippen molar-refractivity contribution in [2.24, 2.45) is 0 Å². The largest absolute Gasteiger partial charge is 0.487 e. The number of hydrogen-bond acceptors (Lipinski definition) is 7. The van der Waals surface area contributed by atoms with E-state index in [1.807, 2.05) is 0 Å². The molecule has 0 radical (unpaired) electrons. The Bertz CT molecular complexity index is 1510. The Labute approximate surface area is 217 Å². The monoisotopic (exact) mass is 519 g/mol. The Morgan fingerprint density at radius 2 is 1.89 bits per heavy atom. The van der Waals surface area contributed by atoms with E-state index in [1.54, 1.807) is 72.4 Å². The van der Waals surface area contributed by atoms with Gasteiger partial charge in [0.25, 0.3) is 0 Å². The van der Waals surface area contributed by atoms with Gasteiger partial charge >= 0.3 is 0 Å². The first-order valence-corrected chi connectivity index (χ1v) is 11.7. The van der Waals surface area contributed by atoms with Gasteiger partial charge in [0.2, 0.25) is 0 Å². The summed E-state index contributed by atoms with van der Waals surface area (Å²) in [5.41, 5.74) is 3.99. The van der Waals surface area contributed by atoms with Crippen LogP contribution in [0.4, 0.5) is 15.9 Å². The number of nitrogens with one attached hydrogen (secondary N) is 1. The molecule has 3 aromatic carbocycles. The number of benzene rings is 3. The average molecular weight is 520 g/mol. The molecule has 188 valence electrons. The number of aldehydes is 1. The molecule has 0 amide bonds. The molecule has 37 heavy (non-hydrogen) atoms. The fourth-order valence-electron chi connectivity index (χ4n) is 3.39. The number of halogens is 2. The van der Waals surface area contributed by atoms with Crippen molar-refractivity contribution in [3.63, 3.8) is 0 Å². The van der Waals surface area contributed by atoms with Crippen molar-refractivity contribution in [3.05, 3.63) is 101 Å². The molecule has 0 saturated carbocycles. The number of nitrogens with zero attached hydrogens (tertiary/aromatic N) is 4. The molecule has 0 aliphatic rings. The Morgan fingerprint density at radius 1 is 1.11 bits per heavy atom. The Kier molecular flexibility index (Phi) is 8.40. The molecule has 0 atom stereocenters. The first-order chi connectivity index (χ1) is 18.0. The predicted octanol–water partition coefficient (Wildman–Crippen LogP) is 5.74. The summed E-state index contributed by atoms with van der Waals surface area (Å²) in [6, 6.07) is 18.5. The van der Waals surface area contributed by atoms with Gasteiger partial charge in [0.05, 0.1) is 16.9 Å². The number of carbonyl (C=O) groups excluding carboxylic acids is 1. The van der Waals surface area contributed by atoms with Gasteiger partial charge in [-0.15, -0.1) is 0 Å². The number of carbonyl (C=O) groups is 1. The Morgan fingerprint density at radius 3 is 2.59 bits per heavy atom. The summed E-state index contributed by atoms with van der Waals surface area (Å²) in [7, 11) is 0. The second kappa shape index (κ2) is 12.1. The van der Waals surface area contributed by atoms with Gasteiger partial charge in [0, 0.05) is 17.9 Å². The first-order valence-electron chi connectivity index (χ1n) is 11.3. The van der Waals surface area contributed by atoms with Gasteiger partial charge in [0.15, 0.2) is 11.3 Å². The van der Waals surface area contributed by atoms with E-state index >= 15 is 0 Å². The van der Waals surface area contributed by atoms with E-state index in [9.17, 15) is 9.18 Å². The van der Waals surface area contributed by atoms with Gasteiger partial charge in [-0.25, -0.2) is 19.0 Å². The molecule has 2 N–H and O–H groups in total. The first kappa shape index (κ1) is 25.7. The molecular weight excluding hydrogens is 497 g/mol. The van der Waals surface area contributed by atoms with Gasteiger partial charge in [-0.1, -0.05) is 23.7 Å². The Hall–Kier alpha value is -4.34. The summed E-state index contributed by atoms with van der Waals surface area (Å²) in [6.07, 6.45) is 4.03. The lowest BCUT2D eigenvalue weighted by molar-refractivity contribution is 0.112. The molecule has 5 aromatic rings. The summed E-state index contributed by atoms with van der Waals surface area (Å²) in [4.78, 5) is 19.5. The number of ether oxygens (including phenoxy) is 1. The van der Waals surface area contributed by atoms with E-state index in [1.165, 1.54) is 18.5 Å². The lowest BCUT2D eigenvalue weighted by atomic mass is 10.2. The molecule has 0 spiro atoms. The number of aromatic nitrogens is 4. The van der Waals surface area contributed by atoms with E-state index in [4.69, 9.17) is 21.4 Å². The lowest BCUT2D eigenvalue weighted by Gasteiger charge is -2.11. The second-order valence-corrected chi connectivity index (χ2v) is 8.15. The second-order valence-electron chi connectivity index (χ2n) is 7.74. The molecule has 0 aliphatic carbocycles. The normalized spacial score (nSPS) is 10.5. The molecule has 0 aliphatic heterocycles. The molecule has 0 unspecified atom stereocenters. The van der Waals surface area contributed by atoms with Crippen molar-refractivity contribution in [1.82, 2.24) is 19.7 Å². The third-order valence-electron chi connectivity index (χ3n) is 5.07. The van der Waals surface area contributed by atoms with Crippen LogP contribution in [0.1, 0.15) is 22.8 Å². The molecule has 2 aromatic heterocycles. The molecule has 2 heterocycles. The van der Waals surface area contributed by atoms with Crippen LogP contribution < -0.4 is 10.1 Å². The summed E-state index contributed by atoms with van der Waals surface area (Å²) < 4.78 is 20.8. The van der Waals surface area contributed by atoms with Crippen LogP contribution in [0.5, 0.6) is 5.75 Å². The van der Waals surface area contributed by atoms with E-state index in [0.717, 1.165) is 12.0 Å². The maximum absolute atomic E-state index is 13.4. The topological polar surface area (TPSA) is 102 Å². The van der Waals surface area contributed by atoms with E-state index in [0.29, 0.717) is 44.4 Å². The van der Waals surface area contributed by atoms with Crippen LogP contribution in [0.15, 0.2) is 79.3 Å². The number of fused-ring (bicyclic) bond motifs is 1. The minimum Gasteiger partial charge on any atom is -0.487 e. The standard InChI is InChI=1S/C25H17ClFN5O2.C2H6O/c26-21-11-19(6-9-23(21)34-14-17-2-1-3-18(27)10-17)30-25-24-22(28-15-29-25)12-32(31-24)20-7-4-16(13-33)5-8-20;1-2-3/h1-13,15H,14H2,(H,28,29,30);3H,2H2,1H3. The number of anilines is 2. The van der Waals surface area contributed by atoms with Crippen LogP contribution in [0.3, 0.4) is 0 Å². The van der Waals surface area contributed by atoms with Crippen LogP contribution in [-0.2, 0) is 6.61 Å². The molecule has 0 saturated heterocycles. The van der Waals surface area contributed by atoms with Crippen LogP contribution in [0.25, 0.3) is 16.7 Å². The van der Waals surface area contributed by atoms with Crippen LogP contribution in [0.2, 0.25) is 5.02 Å². The maximum atomic E-state index is 13.4. The summed E-state index contributed by atoms with van der Waals surface area (Å²) in [5, 5.41) is 15.8. The van der Waals surface area contributed by atoms with Crippen LogP contribution in [0, 0.1) is 5.82 Å². The lowest BCUT2D eigenvalue weighted by Crippen LogP contribution is -1.99. The maximum Gasteiger partial charge on any atom is 0.162 e. The van der Waals surface area contributed by atoms with Crippen LogP contribution >= 0.6 is 11.6 Å². The van der Waals surface area contributed by atoms with E-state index in [-0.39, 0.29) is 19.0 Å². The van der Waals surface area contributed by atoms with Gasteiger partial charge in [-0.05, 0) is 67.1 Å². The highest BCUT2D eigenvalue weighted by Gasteiger charge is 2.12. The number of rotatable bonds is 7. The summed E-state index contributed by atoms with van der Waals surface area (Å²) in [6.45, 7) is 2.13. The Balaban J connectivity index is 0.00000102. The van der Waals surface area contributed by atoms with Gasteiger partial charge in [0.1, 0.15) is 36.3 Å². The third-order valence-corrected chi connectivity index (χ3v) is 5.37. The highest BCUT2D eigenvalue weighted by Crippen LogP contribution is 2.31. The predicted molar refractivity (Wildman–Crippen MR) is 140 cm³/mol. The van der Waals surface area contributed by atoms with Gasteiger partial charge in [-0.3, -0.25) is 4.79 Å². The van der Waals surface area contributed by atoms with E-state index in [2.05, 4.69) is 20.4 Å². The number of hydrogen-bond donors (Lipinski definition) is 2. The van der Waals surface area contributed by atoms with E-state index < -0.39 is 0 Å². The highest BCUT2D eigenvalue weighted by atomic mass is 35.5. The molecule has 0 fully saturated rings. The SMILES string of the molecule is CCO.O=Cc1ccc(-n2cc3ncnc(Nc4ccc(OCc5cccc(F)c5)c(Cl)c4)c3n2)cc1. The van der Waals surface area contributed by atoms with Crippen molar-refractivity contribution in [1.29, 1.82) is 0 Å². The zero-order chi connectivity index (χ0) is 26.2. The number of aliphatic hydroxyl groups excluding tert-OH is 1. The minimum absolute atomic E-state index is 0.196. The van der Waals surface area contributed by atoms with Crippen molar-refractivity contribution >= 4 is 40.4 Å². The van der Waals surface area contributed by atoms with Crippen molar-refractivity contribution in [3.8, 4) is 11.4 Å². The van der Waals surface area contributed by atoms with Gasteiger partial charge < -0.3 is 15.2 Å². The van der Waals surface area contributed by atoms with Crippen LogP contribution in [-0.4, -0.2) is 37.7 Å². The van der Waals surface area contributed by atoms with Crippen molar-refractivity contribution < 1.29 is 19.0 Å². The molecule has 5 rings (SSSR count). The summed E-state index contributed by atoms with van der Waals surface area (Å²) >= 11 is 6.40. The fraction of sp³-hybridized carbons (Fsp3) is 0.111. The average Bonchev–Trinajstić information content (AvgIpc) is 3.34. The minimum atomic E-state index is -0.316. The van der Waals surface area contributed by atoms with Crippen molar-refractivity contribution in [2.45, 2.75) is 13.5 Å². The zero-order valence-electron chi connectivity index (χ0n) is 19.8. The van der Waals surface area contributed by atoms with Crippen molar-refractivity contribution in [2.75, 3.05) is 11.9 Å². The smallest absolute Gasteiger partial charge is 0.162 e. The molecule has 8 nitrogen and oxygen atoms in total. The third kappa shape index (κ3) is 6.46. The number of aliphatic hydroxyl groups is 1.